The van der Waals surface area contributed by atoms with Crippen LogP contribution in [-0.2, 0) is 11.0 Å². The van der Waals surface area contributed by atoms with Crippen LogP contribution in [0.1, 0.15) is 11.1 Å². The van der Waals surface area contributed by atoms with Gasteiger partial charge in [0, 0.05) is 21.1 Å². The molecule has 0 heterocycles. The molecule has 0 fully saturated rings. The Labute approximate surface area is 150 Å². The first-order chi connectivity index (χ1) is 11.2. The third-order valence-electron chi connectivity index (χ3n) is 2.92. The van der Waals surface area contributed by atoms with Crippen LogP contribution in [0.15, 0.2) is 42.5 Å². The number of alkyl halides is 3. The number of amides is 1. The molecule has 0 bridgehead atoms. The van der Waals surface area contributed by atoms with E-state index < -0.39 is 17.6 Å². The molecule has 0 saturated heterocycles. The van der Waals surface area contributed by atoms with Crippen molar-refractivity contribution in [2.75, 3.05) is 5.32 Å². The van der Waals surface area contributed by atoms with Gasteiger partial charge in [0.1, 0.15) is 0 Å². The fraction of sp³-hybridized carbons (Fsp3) is 0.0625. The van der Waals surface area contributed by atoms with Crippen LogP contribution in [-0.4, -0.2) is 5.91 Å². The third-order valence-corrected chi connectivity index (χ3v) is 3.72. The third kappa shape index (κ3) is 4.90. The van der Waals surface area contributed by atoms with Crippen LogP contribution in [0.2, 0.25) is 15.1 Å². The molecule has 0 saturated carbocycles. The minimum atomic E-state index is -4.64. The summed E-state index contributed by atoms with van der Waals surface area (Å²) in [5.74, 6) is -0.742. The van der Waals surface area contributed by atoms with E-state index in [9.17, 15) is 18.0 Å². The second-order valence-electron chi connectivity index (χ2n) is 4.68. The first kappa shape index (κ1) is 18.6. The van der Waals surface area contributed by atoms with Crippen molar-refractivity contribution in [1.29, 1.82) is 0 Å². The van der Waals surface area contributed by atoms with E-state index >= 15 is 0 Å². The average molecular weight is 395 g/mol. The van der Waals surface area contributed by atoms with Crippen LogP contribution in [0, 0.1) is 0 Å². The number of carbonyl (C=O) groups is 1. The van der Waals surface area contributed by atoms with Crippen molar-refractivity contribution in [3.05, 3.63) is 68.7 Å². The van der Waals surface area contributed by atoms with Crippen molar-refractivity contribution < 1.29 is 18.0 Å². The monoisotopic (exact) mass is 393 g/mol. The van der Waals surface area contributed by atoms with Crippen molar-refractivity contribution in [3.8, 4) is 0 Å². The molecule has 126 valence electrons. The Morgan fingerprint density at radius 1 is 1.00 bits per heavy atom. The maximum Gasteiger partial charge on any atom is 0.418 e. The van der Waals surface area contributed by atoms with E-state index in [-0.39, 0.29) is 10.7 Å². The number of carbonyl (C=O) groups excluding carboxylic acids is 1. The SMILES string of the molecule is O=C(/C=C/c1ccc(Cl)cc1Cl)Nc1ccc(Cl)cc1C(F)(F)F. The maximum absolute atomic E-state index is 13.0. The predicted octanol–water partition coefficient (Wildman–Crippen LogP) is 6.32. The standard InChI is InChI=1S/C16H9Cl3F3NO/c17-10-4-5-14(12(7-10)16(20,21)22)23-15(24)6-2-9-1-3-11(18)8-13(9)19/h1-8H,(H,23,24)/b6-2+. The van der Waals surface area contributed by atoms with Crippen molar-refractivity contribution in [2.24, 2.45) is 0 Å². The molecule has 2 nitrogen and oxygen atoms in total. The van der Waals surface area contributed by atoms with Crippen LogP contribution >= 0.6 is 34.8 Å². The van der Waals surface area contributed by atoms with Gasteiger partial charge in [-0.25, -0.2) is 0 Å². The summed E-state index contributed by atoms with van der Waals surface area (Å²) in [4.78, 5) is 11.9. The zero-order valence-corrected chi connectivity index (χ0v) is 14.1. The van der Waals surface area contributed by atoms with E-state index in [0.29, 0.717) is 15.6 Å². The molecule has 0 radical (unpaired) electrons. The molecular formula is C16H9Cl3F3NO. The molecule has 2 rings (SSSR count). The minimum Gasteiger partial charge on any atom is -0.322 e. The van der Waals surface area contributed by atoms with Gasteiger partial charge in [-0.3, -0.25) is 4.79 Å². The minimum absolute atomic E-state index is 0.0798. The largest absolute Gasteiger partial charge is 0.418 e. The van der Waals surface area contributed by atoms with Crippen molar-refractivity contribution >= 4 is 52.5 Å². The fourth-order valence-corrected chi connectivity index (χ4v) is 2.48. The van der Waals surface area contributed by atoms with Gasteiger partial charge < -0.3 is 5.32 Å². The van der Waals surface area contributed by atoms with Crippen molar-refractivity contribution in [3.63, 3.8) is 0 Å². The van der Waals surface area contributed by atoms with Gasteiger partial charge in [0.15, 0.2) is 0 Å². The Hall–Kier alpha value is -1.69. The second kappa shape index (κ2) is 7.47. The van der Waals surface area contributed by atoms with E-state index in [2.05, 4.69) is 5.32 Å². The van der Waals surface area contributed by atoms with Crippen LogP contribution in [0.4, 0.5) is 18.9 Å². The molecular weight excluding hydrogens is 386 g/mol. The number of hydrogen-bond acceptors (Lipinski definition) is 1. The maximum atomic E-state index is 13.0. The second-order valence-corrected chi connectivity index (χ2v) is 5.96. The summed E-state index contributed by atoms with van der Waals surface area (Å²) in [6.45, 7) is 0. The lowest BCUT2D eigenvalue weighted by Gasteiger charge is -2.13. The van der Waals surface area contributed by atoms with Gasteiger partial charge in [0.05, 0.1) is 11.3 Å². The van der Waals surface area contributed by atoms with Gasteiger partial charge in [0.25, 0.3) is 0 Å². The number of anilines is 1. The van der Waals surface area contributed by atoms with Gasteiger partial charge >= 0.3 is 6.18 Å². The molecule has 1 N–H and O–H groups in total. The molecule has 0 aromatic heterocycles. The predicted molar refractivity (Wildman–Crippen MR) is 90.6 cm³/mol. The highest BCUT2D eigenvalue weighted by molar-refractivity contribution is 6.35. The topological polar surface area (TPSA) is 29.1 Å². The van der Waals surface area contributed by atoms with Gasteiger partial charge in [-0.2, -0.15) is 13.2 Å². The zero-order valence-electron chi connectivity index (χ0n) is 11.8. The lowest BCUT2D eigenvalue weighted by molar-refractivity contribution is -0.136. The number of benzene rings is 2. The molecule has 24 heavy (non-hydrogen) atoms. The number of nitrogens with one attached hydrogen (secondary N) is 1. The molecule has 2 aromatic carbocycles. The summed E-state index contributed by atoms with van der Waals surface area (Å²) < 4.78 is 38.9. The molecule has 0 unspecified atom stereocenters. The smallest absolute Gasteiger partial charge is 0.322 e. The van der Waals surface area contributed by atoms with E-state index in [1.807, 2.05) is 0 Å². The normalized spacial score (nSPS) is 11.8. The van der Waals surface area contributed by atoms with Gasteiger partial charge in [-0.15, -0.1) is 0 Å². The van der Waals surface area contributed by atoms with Gasteiger partial charge in [-0.05, 0) is 42.0 Å². The lowest BCUT2D eigenvalue weighted by Crippen LogP contribution is -2.14. The Morgan fingerprint density at radius 3 is 2.25 bits per heavy atom. The Balaban J connectivity index is 2.20. The highest BCUT2D eigenvalue weighted by atomic mass is 35.5. The van der Waals surface area contributed by atoms with Crippen LogP contribution < -0.4 is 5.32 Å². The van der Waals surface area contributed by atoms with Crippen LogP contribution in [0.5, 0.6) is 0 Å². The van der Waals surface area contributed by atoms with E-state index in [1.165, 1.54) is 18.2 Å². The molecule has 0 spiro atoms. The van der Waals surface area contributed by atoms with E-state index in [4.69, 9.17) is 34.8 Å². The van der Waals surface area contributed by atoms with Gasteiger partial charge in [-0.1, -0.05) is 40.9 Å². The zero-order chi connectivity index (χ0) is 17.9. The highest BCUT2D eigenvalue weighted by Gasteiger charge is 2.34. The Morgan fingerprint density at radius 2 is 1.62 bits per heavy atom. The van der Waals surface area contributed by atoms with Crippen LogP contribution in [0.25, 0.3) is 6.08 Å². The summed E-state index contributed by atoms with van der Waals surface area (Å²) in [5.41, 5.74) is -0.909. The highest BCUT2D eigenvalue weighted by Crippen LogP contribution is 2.36. The molecule has 2 aromatic rings. The summed E-state index contributed by atoms with van der Waals surface area (Å²) in [6.07, 6.45) is -2.20. The molecule has 0 atom stereocenters. The summed E-state index contributed by atoms with van der Waals surface area (Å²) in [5, 5.41) is 2.83. The summed E-state index contributed by atoms with van der Waals surface area (Å²) in [6, 6.07) is 7.74. The molecule has 0 aliphatic rings. The molecule has 8 heteroatoms. The summed E-state index contributed by atoms with van der Waals surface area (Å²) in [7, 11) is 0. The van der Waals surface area contributed by atoms with E-state index in [0.717, 1.165) is 18.2 Å². The number of rotatable bonds is 3. The molecule has 1 amide bonds. The fourth-order valence-electron chi connectivity index (χ4n) is 1.84. The molecule has 0 aliphatic carbocycles. The molecule has 0 aliphatic heterocycles. The average Bonchev–Trinajstić information content (AvgIpc) is 2.47. The number of halogens is 6. The van der Waals surface area contributed by atoms with Crippen molar-refractivity contribution in [1.82, 2.24) is 0 Å². The quantitative estimate of drug-likeness (QED) is 0.607. The van der Waals surface area contributed by atoms with Crippen molar-refractivity contribution in [2.45, 2.75) is 6.18 Å². The number of hydrogen-bond donors (Lipinski definition) is 1. The van der Waals surface area contributed by atoms with Crippen LogP contribution in [0.3, 0.4) is 0 Å². The Bertz CT molecular complexity index is 804. The van der Waals surface area contributed by atoms with Gasteiger partial charge in [0.2, 0.25) is 5.91 Å². The lowest BCUT2D eigenvalue weighted by atomic mass is 10.1. The Kier molecular flexibility index (Phi) is 5.80. The first-order valence-corrected chi connectivity index (χ1v) is 7.61. The van der Waals surface area contributed by atoms with E-state index in [1.54, 1.807) is 12.1 Å². The summed E-state index contributed by atoms with van der Waals surface area (Å²) >= 11 is 17.3. The first-order valence-electron chi connectivity index (χ1n) is 6.47.